The van der Waals surface area contributed by atoms with Crippen molar-refractivity contribution in [1.29, 1.82) is 0 Å². The molecule has 0 aliphatic rings. The standard InChI is InChI=1S/C8H16O2.C2H4F3P/c1-3-4-5-6-7-8(9)10-2;3-2(4,5)1-6/h3-7H2,1-2H3;1,6H2. The van der Waals surface area contributed by atoms with E-state index in [0.717, 1.165) is 12.8 Å². The number of methoxy groups -OCH3 is 1. The predicted molar refractivity (Wildman–Crippen MR) is 61.4 cm³/mol. The molecule has 2 nitrogen and oxygen atoms in total. The highest BCUT2D eigenvalue weighted by atomic mass is 31.0. The second-order valence-corrected chi connectivity index (χ2v) is 3.61. The molecule has 0 aliphatic heterocycles. The minimum Gasteiger partial charge on any atom is -0.469 e. The Hall–Kier alpha value is -0.310. The van der Waals surface area contributed by atoms with Crippen LogP contribution in [-0.4, -0.2) is 25.4 Å². The Morgan fingerprint density at radius 2 is 1.75 bits per heavy atom. The second kappa shape index (κ2) is 11.2. The predicted octanol–water partition coefficient (Wildman–Crippen LogP) is 3.55. The summed E-state index contributed by atoms with van der Waals surface area (Å²) >= 11 is 0. The largest absolute Gasteiger partial charge is 0.469 e. The van der Waals surface area contributed by atoms with Crippen molar-refractivity contribution in [2.45, 2.75) is 45.2 Å². The van der Waals surface area contributed by atoms with Gasteiger partial charge in [0.25, 0.3) is 0 Å². The van der Waals surface area contributed by atoms with Gasteiger partial charge in [-0.05, 0) is 6.42 Å². The van der Waals surface area contributed by atoms with Gasteiger partial charge in [0.1, 0.15) is 0 Å². The van der Waals surface area contributed by atoms with Crippen LogP contribution in [0.15, 0.2) is 0 Å². The van der Waals surface area contributed by atoms with Crippen LogP contribution in [0, 0.1) is 0 Å². The molecule has 16 heavy (non-hydrogen) atoms. The number of unbranched alkanes of at least 4 members (excludes halogenated alkanes) is 3. The molecule has 0 heterocycles. The van der Waals surface area contributed by atoms with Crippen molar-refractivity contribution in [3.05, 3.63) is 0 Å². The number of esters is 1. The van der Waals surface area contributed by atoms with Crippen LogP contribution in [-0.2, 0) is 9.53 Å². The number of ether oxygens (including phenoxy) is 1. The minimum absolute atomic E-state index is 0.0869. The molecule has 0 amide bonds. The van der Waals surface area contributed by atoms with Crippen molar-refractivity contribution in [2.75, 3.05) is 13.3 Å². The van der Waals surface area contributed by atoms with E-state index in [0.29, 0.717) is 6.42 Å². The molecule has 0 aliphatic carbocycles. The molecule has 1 unspecified atom stereocenters. The third kappa shape index (κ3) is 19.3. The molecule has 0 radical (unpaired) electrons. The Labute approximate surface area is 97.1 Å². The Bertz CT molecular complexity index is 172. The molecule has 0 fully saturated rings. The molecular weight excluding hydrogens is 240 g/mol. The molecule has 6 heteroatoms. The summed E-state index contributed by atoms with van der Waals surface area (Å²) in [6, 6.07) is 0. The van der Waals surface area contributed by atoms with Gasteiger partial charge in [0, 0.05) is 6.42 Å². The summed E-state index contributed by atoms with van der Waals surface area (Å²) in [5.74, 6) is -0.0869. The van der Waals surface area contributed by atoms with Gasteiger partial charge in [0.15, 0.2) is 0 Å². The molecule has 0 aromatic rings. The number of hydrogen-bond acceptors (Lipinski definition) is 2. The van der Waals surface area contributed by atoms with Gasteiger partial charge >= 0.3 is 12.1 Å². The van der Waals surface area contributed by atoms with Crippen LogP contribution in [0.2, 0.25) is 0 Å². The highest BCUT2D eigenvalue weighted by Gasteiger charge is 2.22. The number of halogens is 3. The Morgan fingerprint density at radius 1 is 1.25 bits per heavy atom. The quantitative estimate of drug-likeness (QED) is 0.429. The topological polar surface area (TPSA) is 26.3 Å². The van der Waals surface area contributed by atoms with E-state index in [1.165, 1.54) is 20.0 Å². The van der Waals surface area contributed by atoms with Gasteiger partial charge in [-0.25, -0.2) is 0 Å². The van der Waals surface area contributed by atoms with Crippen molar-refractivity contribution in [3.63, 3.8) is 0 Å². The molecule has 1 atom stereocenters. The Morgan fingerprint density at radius 3 is 2.06 bits per heavy atom. The average molecular weight is 260 g/mol. The lowest BCUT2D eigenvalue weighted by atomic mass is 10.2. The van der Waals surface area contributed by atoms with Crippen LogP contribution in [0.1, 0.15) is 39.0 Å². The molecule has 0 bridgehead atoms. The summed E-state index contributed by atoms with van der Waals surface area (Å²) in [7, 11) is 3.03. The van der Waals surface area contributed by atoms with E-state index in [4.69, 9.17) is 0 Å². The fourth-order valence-corrected chi connectivity index (χ4v) is 0.798. The van der Waals surface area contributed by atoms with Crippen molar-refractivity contribution < 1.29 is 22.7 Å². The zero-order valence-corrected chi connectivity index (χ0v) is 10.9. The monoisotopic (exact) mass is 260 g/mol. The van der Waals surface area contributed by atoms with Crippen molar-refractivity contribution in [2.24, 2.45) is 0 Å². The van der Waals surface area contributed by atoms with Gasteiger partial charge in [0.05, 0.1) is 13.3 Å². The van der Waals surface area contributed by atoms with Crippen molar-refractivity contribution >= 4 is 15.2 Å². The highest BCUT2D eigenvalue weighted by Crippen LogP contribution is 2.16. The summed E-state index contributed by atoms with van der Waals surface area (Å²) < 4.78 is 36.8. The van der Waals surface area contributed by atoms with Gasteiger partial charge in [-0.1, -0.05) is 26.2 Å². The van der Waals surface area contributed by atoms with E-state index in [-0.39, 0.29) is 5.97 Å². The lowest BCUT2D eigenvalue weighted by Gasteiger charge is -1.97. The molecule has 0 N–H and O–H groups in total. The number of rotatable bonds is 5. The lowest BCUT2D eigenvalue weighted by molar-refractivity contribution is -0.140. The first kappa shape index (κ1) is 18.1. The summed E-state index contributed by atoms with van der Waals surface area (Å²) in [5.41, 5.74) is 0. The van der Waals surface area contributed by atoms with Gasteiger partial charge < -0.3 is 4.74 Å². The van der Waals surface area contributed by atoms with Crippen LogP contribution in [0.4, 0.5) is 13.2 Å². The number of carbonyl (C=O) groups is 1. The third-order valence-corrected chi connectivity index (χ3v) is 2.16. The zero-order valence-electron chi connectivity index (χ0n) is 9.77. The molecule has 0 aromatic heterocycles. The van der Waals surface area contributed by atoms with Gasteiger partial charge in [-0.15, -0.1) is 9.24 Å². The number of alkyl halides is 3. The van der Waals surface area contributed by atoms with Gasteiger partial charge in [-0.3, -0.25) is 4.79 Å². The maximum Gasteiger partial charge on any atom is 0.392 e. The summed E-state index contributed by atoms with van der Waals surface area (Å²) in [5, 5.41) is 0. The first-order valence-electron chi connectivity index (χ1n) is 5.21. The maximum atomic E-state index is 10.8. The first-order chi connectivity index (χ1) is 7.37. The zero-order chi connectivity index (χ0) is 13.0. The normalized spacial score (nSPS) is 10.4. The average Bonchev–Trinajstić information content (AvgIpc) is 2.24. The van der Waals surface area contributed by atoms with Gasteiger partial charge in [0.2, 0.25) is 0 Å². The second-order valence-electron chi connectivity index (χ2n) is 3.21. The number of carbonyl (C=O) groups excluding carboxylic acids is 1. The van der Waals surface area contributed by atoms with Crippen LogP contribution in [0.3, 0.4) is 0 Å². The Kier molecular flexibility index (Phi) is 12.6. The van der Waals surface area contributed by atoms with Crippen LogP contribution in [0.25, 0.3) is 0 Å². The molecular formula is C10H20F3O2P. The number of hydrogen-bond donors (Lipinski definition) is 0. The first-order valence-corrected chi connectivity index (χ1v) is 6.02. The Balaban J connectivity index is 0. The summed E-state index contributed by atoms with van der Waals surface area (Å²) in [4.78, 5) is 10.6. The maximum absolute atomic E-state index is 10.8. The van der Waals surface area contributed by atoms with Crippen molar-refractivity contribution in [3.8, 4) is 0 Å². The lowest BCUT2D eigenvalue weighted by Crippen LogP contribution is -2.07. The summed E-state index contributed by atoms with van der Waals surface area (Å²) in [6.07, 6.45) is 0.318. The fraction of sp³-hybridized carbons (Fsp3) is 0.900. The molecule has 0 aromatic carbocycles. The fourth-order valence-electron chi connectivity index (χ4n) is 0.798. The van der Waals surface area contributed by atoms with E-state index in [1.54, 1.807) is 9.24 Å². The highest BCUT2D eigenvalue weighted by molar-refractivity contribution is 7.16. The van der Waals surface area contributed by atoms with E-state index < -0.39 is 12.3 Å². The smallest absolute Gasteiger partial charge is 0.392 e. The minimum atomic E-state index is -4.00. The van der Waals surface area contributed by atoms with E-state index >= 15 is 0 Å². The molecule has 98 valence electrons. The third-order valence-electron chi connectivity index (χ3n) is 1.69. The van der Waals surface area contributed by atoms with Crippen LogP contribution >= 0.6 is 9.24 Å². The van der Waals surface area contributed by atoms with Crippen LogP contribution in [0.5, 0.6) is 0 Å². The molecule has 0 saturated heterocycles. The molecule has 0 spiro atoms. The van der Waals surface area contributed by atoms with Gasteiger partial charge in [-0.2, -0.15) is 13.2 Å². The van der Waals surface area contributed by atoms with E-state index in [9.17, 15) is 18.0 Å². The van der Waals surface area contributed by atoms with Crippen LogP contribution < -0.4 is 0 Å². The summed E-state index contributed by atoms with van der Waals surface area (Å²) in [6.45, 7) is 2.15. The molecule has 0 saturated carbocycles. The SMILES string of the molecule is CCCCCCC(=O)OC.FC(F)(F)CP. The van der Waals surface area contributed by atoms with E-state index in [2.05, 4.69) is 11.7 Å². The molecule has 0 rings (SSSR count). The van der Waals surface area contributed by atoms with E-state index in [1.807, 2.05) is 0 Å². The van der Waals surface area contributed by atoms with Crippen molar-refractivity contribution in [1.82, 2.24) is 0 Å².